The van der Waals surface area contributed by atoms with Crippen LogP contribution in [0.2, 0.25) is 0 Å². The minimum absolute atomic E-state index is 0.229. The molecule has 0 bridgehead atoms. The molecule has 0 radical (unpaired) electrons. The number of hydrogen-bond donors (Lipinski definition) is 0. The van der Waals surface area contributed by atoms with Gasteiger partial charge in [-0.15, -0.1) is 0 Å². The van der Waals surface area contributed by atoms with Crippen molar-refractivity contribution in [3.63, 3.8) is 0 Å². The third kappa shape index (κ3) is 8.46. The fraction of sp³-hybridized carbons (Fsp3) is 0.741. The van der Waals surface area contributed by atoms with Gasteiger partial charge in [0.25, 0.3) is 0 Å². The molecule has 1 aliphatic carbocycles. The molecule has 2 aliphatic rings. The van der Waals surface area contributed by atoms with Crippen molar-refractivity contribution < 1.29 is 38.1 Å². The molecule has 1 aliphatic heterocycles. The fourth-order valence-electron chi connectivity index (χ4n) is 4.86. The number of hydrogen-bond acceptors (Lipinski definition) is 8. The number of rotatable bonds is 9. The Labute approximate surface area is 209 Å². The Morgan fingerprint density at radius 3 is 2.09 bits per heavy atom. The largest absolute Gasteiger partial charge is 0.456 e. The summed E-state index contributed by atoms with van der Waals surface area (Å²) in [5.41, 5.74) is 2.00. The molecular formula is C27H42O8. The SMILES string of the molecule is CC(=O)O[C@H]1[C@@H](OC(C)=O)[C@@H](C)O[C@@H](O[C@@](C)(CCC=C(C)C)[C@@H]2CC=C(C)CC2)[C@@H]1OC(C)=O. The van der Waals surface area contributed by atoms with Crippen LogP contribution in [0.25, 0.3) is 0 Å². The molecule has 0 amide bonds. The standard InChI is InChI=1S/C27H42O8/c1-16(2)10-9-15-27(8,22-13-11-17(3)12-14-22)35-26-25(34-21(7)30)24(33-20(6)29)23(18(4)31-26)32-19(5)28/h10-11,18,22-26H,9,12-15H2,1-8H3/t18-,22-,23+,24+,25-,26+,27+/m1/s1. The topological polar surface area (TPSA) is 97.4 Å². The van der Waals surface area contributed by atoms with Crippen molar-refractivity contribution in [1.82, 2.24) is 0 Å². The minimum Gasteiger partial charge on any atom is -0.456 e. The summed E-state index contributed by atoms with van der Waals surface area (Å²) in [7, 11) is 0. The molecule has 7 atom stereocenters. The Hall–Kier alpha value is -2.19. The molecule has 0 saturated carbocycles. The summed E-state index contributed by atoms with van der Waals surface area (Å²) < 4.78 is 29.4. The lowest BCUT2D eigenvalue weighted by Crippen LogP contribution is -2.62. The van der Waals surface area contributed by atoms with E-state index in [1.54, 1.807) is 6.92 Å². The third-order valence-electron chi connectivity index (χ3n) is 6.71. The lowest BCUT2D eigenvalue weighted by Gasteiger charge is -2.48. The van der Waals surface area contributed by atoms with E-state index in [0.29, 0.717) is 0 Å². The molecular weight excluding hydrogens is 452 g/mol. The van der Waals surface area contributed by atoms with Gasteiger partial charge < -0.3 is 23.7 Å². The van der Waals surface area contributed by atoms with Gasteiger partial charge >= 0.3 is 17.9 Å². The van der Waals surface area contributed by atoms with Gasteiger partial charge in [0.1, 0.15) is 0 Å². The first kappa shape index (κ1) is 29.0. The molecule has 0 spiro atoms. The van der Waals surface area contributed by atoms with E-state index in [4.69, 9.17) is 23.7 Å². The molecule has 8 heteroatoms. The molecule has 0 aromatic carbocycles. The first-order valence-electron chi connectivity index (χ1n) is 12.5. The van der Waals surface area contributed by atoms with Gasteiger partial charge in [0.2, 0.25) is 0 Å². The Morgan fingerprint density at radius 2 is 1.57 bits per heavy atom. The average molecular weight is 495 g/mol. The van der Waals surface area contributed by atoms with Gasteiger partial charge in [-0.2, -0.15) is 0 Å². The number of esters is 3. The zero-order chi connectivity index (χ0) is 26.3. The van der Waals surface area contributed by atoms with Crippen molar-refractivity contribution in [2.45, 2.75) is 124 Å². The summed E-state index contributed by atoms with van der Waals surface area (Å²) in [5, 5.41) is 0. The lowest BCUT2D eigenvalue weighted by molar-refractivity contribution is -0.329. The Morgan fingerprint density at radius 1 is 1.00 bits per heavy atom. The van der Waals surface area contributed by atoms with E-state index < -0.39 is 54.2 Å². The number of carbonyl (C=O) groups excluding carboxylic acids is 3. The van der Waals surface area contributed by atoms with Crippen LogP contribution in [0.4, 0.5) is 0 Å². The molecule has 198 valence electrons. The highest BCUT2D eigenvalue weighted by atomic mass is 16.7. The second kappa shape index (κ2) is 12.7. The van der Waals surface area contributed by atoms with E-state index in [0.717, 1.165) is 32.1 Å². The zero-order valence-corrected chi connectivity index (χ0v) is 22.4. The van der Waals surface area contributed by atoms with Crippen molar-refractivity contribution in [3.8, 4) is 0 Å². The first-order chi connectivity index (χ1) is 16.3. The van der Waals surface area contributed by atoms with Crippen LogP contribution in [-0.2, 0) is 38.1 Å². The van der Waals surface area contributed by atoms with E-state index in [2.05, 4.69) is 39.8 Å². The van der Waals surface area contributed by atoms with Crippen molar-refractivity contribution in [2.75, 3.05) is 0 Å². The van der Waals surface area contributed by atoms with E-state index >= 15 is 0 Å². The molecule has 0 N–H and O–H groups in total. The zero-order valence-electron chi connectivity index (χ0n) is 22.4. The highest BCUT2D eigenvalue weighted by Gasteiger charge is 2.53. The molecule has 8 nitrogen and oxygen atoms in total. The summed E-state index contributed by atoms with van der Waals surface area (Å²) in [4.78, 5) is 35.8. The van der Waals surface area contributed by atoms with E-state index in [-0.39, 0.29) is 5.92 Å². The summed E-state index contributed by atoms with van der Waals surface area (Å²) in [6.07, 6.45) is 4.06. The molecule has 1 fully saturated rings. The van der Waals surface area contributed by atoms with Gasteiger partial charge in [0.15, 0.2) is 24.6 Å². The van der Waals surface area contributed by atoms with Crippen LogP contribution in [0.5, 0.6) is 0 Å². The summed E-state index contributed by atoms with van der Waals surface area (Å²) in [6.45, 7) is 13.8. The van der Waals surface area contributed by atoms with Crippen molar-refractivity contribution in [1.29, 1.82) is 0 Å². The van der Waals surface area contributed by atoms with Crippen molar-refractivity contribution in [3.05, 3.63) is 23.3 Å². The maximum absolute atomic E-state index is 12.1. The summed E-state index contributed by atoms with van der Waals surface area (Å²) in [5.74, 6) is -1.49. The predicted molar refractivity (Wildman–Crippen MR) is 130 cm³/mol. The number of ether oxygens (including phenoxy) is 5. The first-order valence-corrected chi connectivity index (χ1v) is 12.5. The number of carbonyl (C=O) groups is 3. The van der Waals surface area contributed by atoms with Crippen LogP contribution >= 0.6 is 0 Å². The van der Waals surface area contributed by atoms with E-state index in [1.807, 2.05) is 0 Å². The van der Waals surface area contributed by atoms with Crippen LogP contribution < -0.4 is 0 Å². The maximum Gasteiger partial charge on any atom is 0.303 e. The van der Waals surface area contributed by atoms with E-state index in [1.165, 1.54) is 31.9 Å². The number of allylic oxidation sites excluding steroid dienone is 4. The van der Waals surface area contributed by atoms with Gasteiger partial charge in [-0.05, 0) is 72.6 Å². The smallest absolute Gasteiger partial charge is 0.303 e. The van der Waals surface area contributed by atoms with Gasteiger partial charge in [0.05, 0.1) is 11.7 Å². The Kier molecular flexibility index (Phi) is 10.5. The third-order valence-corrected chi connectivity index (χ3v) is 6.71. The summed E-state index contributed by atoms with van der Waals surface area (Å²) in [6, 6.07) is 0. The second-order valence-corrected chi connectivity index (χ2v) is 10.2. The lowest BCUT2D eigenvalue weighted by atomic mass is 9.76. The highest BCUT2D eigenvalue weighted by molar-refractivity contribution is 5.68. The molecule has 0 aromatic heterocycles. The van der Waals surface area contributed by atoms with Gasteiger partial charge in [-0.1, -0.05) is 23.3 Å². The Bertz CT molecular complexity index is 827. The van der Waals surface area contributed by atoms with Crippen LogP contribution in [0.1, 0.15) is 87.5 Å². The summed E-state index contributed by atoms with van der Waals surface area (Å²) >= 11 is 0. The Balaban J connectivity index is 2.42. The highest BCUT2D eigenvalue weighted by Crippen LogP contribution is 2.41. The van der Waals surface area contributed by atoms with Gasteiger partial charge in [-0.3, -0.25) is 14.4 Å². The fourth-order valence-corrected chi connectivity index (χ4v) is 4.86. The molecule has 35 heavy (non-hydrogen) atoms. The molecule has 0 aromatic rings. The predicted octanol–water partition coefficient (Wildman–Crippen LogP) is 4.79. The van der Waals surface area contributed by atoms with Crippen molar-refractivity contribution in [2.24, 2.45) is 5.92 Å². The van der Waals surface area contributed by atoms with Gasteiger partial charge in [-0.25, -0.2) is 0 Å². The van der Waals surface area contributed by atoms with Gasteiger partial charge in [0, 0.05) is 20.8 Å². The average Bonchev–Trinajstić information content (AvgIpc) is 2.72. The van der Waals surface area contributed by atoms with Crippen molar-refractivity contribution >= 4 is 17.9 Å². The monoisotopic (exact) mass is 494 g/mol. The van der Waals surface area contributed by atoms with Crippen LogP contribution in [0.3, 0.4) is 0 Å². The van der Waals surface area contributed by atoms with Crippen LogP contribution in [0, 0.1) is 5.92 Å². The maximum atomic E-state index is 12.1. The molecule has 1 saturated heterocycles. The molecule has 2 rings (SSSR count). The van der Waals surface area contributed by atoms with E-state index in [9.17, 15) is 14.4 Å². The van der Waals surface area contributed by atoms with Crippen LogP contribution in [-0.4, -0.2) is 54.2 Å². The molecule has 0 unspecified atom stereocenters. The quantitative estimate of drug-likeness (QED) is 0.256. The normalized spacial score (nSPS) is 30.3. The molecule has 1 heterocycles. The van der Waals surface area contributed by atoms with Crippen LogP contribution in [0.15, 0.2) is 23.3 Å². The second-order valence-electron chi connectivity index (χ2n) is 10.2. The minimum atomic E-state index is -1.10.